The summed E-state index contributed by atoms with van der Waals surface area (Å²) in [5.41, 5.74) is 1.56. The number of carbonyl (C=O) groups excluding carboxylic acids is 2. The molecule has 2 aromatic carbocycles. The predicted molar refractivity (Wildman–Crippen MR) is 84.7 cm³/mol. The Balaban J connectivity index is 1.70. The molecular weight excluding hydrogens is 299 g/mol. The van der Waals surface area contributed by atoms with Crippen molar-refractivity contribution in [3.63, 3.8) is 0 Å². The Morgan fingerprint density at radius 1 is 1.00 bits per heavy atom. The van der Waals surface area contributed by atoms with Gasteiger partial charge in [0, 0.05) is 5.69 Å². The number of hydrogen-bond donors (Lipinski definition) is 2. The Hall–Kier alpha value is -2.89. The highest BCUT2D eigenvalue weighted by Crippen LogP contribution is 2.11. The second-order valence-electron chi connectivity index (χ2n) is 4.93. The number of halogens is 1. The number of anilines is 1. The van der Waals surface area contributed by atoms with Gasteiger partial charge < -0.3 is 15.4 Å². The van der Waals surface area contributed by atoms with E-state index >= 15 is 0 Å². The van der Waals surface area contributed by atoms with E-state index in [0.717, 1.165) is 5.56 Å². The number of hydrogen-bond acceptors (Lipinski definition) is 3. The van der Waals surface area contributed by atoms with Crippen LogP contribution in [0.25, 0.3) is 0 Å². The number of ether oxygens (including phenoxy) is 1. The second-order valence-corrected chi connectivity index (χ2v) is 4.93. The van der Waals surface area contributed by atoms with Crippen molar-refractivity contribution < 1.29 is 18.7 Å². The molecule has 5 nitrogen and oxygen atoms in total. The van der Waals surface area contributed by atoms with Gasteiger partial charge in [0.1, 0.15) is 11.6 Å². The van der Waals surface area contributed by atoms with Crippen molar-refractivity contribution >= 4 is 17.5 Å². The molecule has 0 heterocycles. The lowest BCUT2D eigenvalue weighted by molar-refractivity contribution is -0.125. The number of carbonyl (C=O) groups is 2. The maximum atomic E-state index is 12.7. The van der Waals surface area contributed by atoms with E-state index in [-0.39, 0.29) is 19.0 Å². The van der Waals surface area contributed by atoms with Crippen LogP contribution < -0.4 is 15.4 Å². The maximum absolute atomic E-state index is 12.7. The molecule has 0 radical (unpaired) electrons. The Morgan fingerprint density at radius 3 is 2.30 bits per heavy atom. The van der Waals surface area contributed by atoms with Gasteiger partial charge in [-0.15, -0.1) is 0 Å². The van der Waals surface area contributed by atoms with Crippen LogP contribution in [0, 0.1) is 12.7 Å². The number of nitrogens with one attached hydrogen (secondary N) is 2. The second kappa shape index (κ2) is 7.93. The molecule has 23 heavy (non-hydrogen) atoms. The third-order valence-corrected chi connectivity index (χ3v) is 2.97. The lowest BCUT2D eigenvalue weighted by Gasteiger charge is -2.08. The fraction of sp³-hybridized carbons (Fsp3) is 0.176. The first-order valence-electron chi connectivity index (χ1n) is 7.04. The van der Waals surface area contributed by atoms with Crippen LogP contribution in [0.3, 0.4) is 0 Å². The van der Waals surface area contributed by atoms with Gasteiger partial charge in [-0.3, -0.25) is 9.59 Å². The van der Waals surface area contributed by atoms with Crippen molar-refractivity contribution in [2.75, 3.05) is 18.5 Å². The smallest absolute Gasteiger partial charge is 0.258 e. The molecule has 2 N–H and O–H groups in total. The molecule has 0 aliphatic carbocycles. The standard InChI is InChI=1S/C17H17FN2O3/c1-12-2-8-15(9-3-12)23-11-17(22)19-10-16(21)20-14-6-4-13(18)5-7-14/h2-9H,10-11H2,1H3,(H,19,22)(H,20,21). The summed E-state index contributed by atoms with van der Waals surface area (Å²) in [5.74, 6) is -0.605. The van der Waals surface area contributed by atoms with Gasteiger partial charge in [-0.05, 0) is 43.3 Å². The van der Waals surface area contributed by atoms with Gasteiger partial charge in [0.15, 0.2) is 6.61 Å². The third-order valence-electron chi connectivity index (χ3n) is 2.97. The zero-order chi connectivity index (χ0) is 16.7. The van der Waals surface area contributed by atoms with Crippen LogP contribution in [0.15, 0.2) is 48.5 Å². The maximum Gasteiger partial charge on any atom is 0.258 e. The summed E-state index contributed by atoms with van der Waals surface area (Å²) in [6.45, 7) is 1.59. The molecule has 2 amide bonds. The van der Waals surface area contributed by atoms with Crippen LogP contribution in [-0.2, 0) is 9.59 Å². The minimum Gasteiger partial charge on any atom is -0.484 e. The summed E-state index contributed by atoms with van der Waals surface area (Å²) in [6.07, 6.45) is 0. The molecule has 0 atom stereocenters. The molecule has 0 spiro atoms. The summed E-state index contributed by atoms with van der Waals surface area (Å²) in [5, 5.41) is 4.99. The molecule has 0 fully saturated rings. The number of rotatable bonds is 6. The minimum atomic E-state index is -0.403. The van der Waals surface area contributed by atoms with Crippen LogP contribution in [0.2, 0.25) is 0 Å². The zero-order valence-corrected chi connectivity index (χ0v) is 12.6. The number of amides is 2. The van der Waals surface area contributed by atoms with Crippen LogP contribution in [0.4, 0.5) is 10.1 Å². The predicted octanol–water partition coefficient (Wildman–Crippen LogP) is 2.27. The van der Waals surface area contributed by atoms with E-state index < -0.39 is 11.8 Å². The first kappa shape index (κ1) is 16.5. The Labute approximate surface area is 133 Å². The zero-order valence-electron chi connectivity index (χ0n) is 12.6. The lowest BCUT2D eigenvalue weighted by Crippen LogP contribution is -2.35. The number of aryl methyl sites for hydroxylation is 1. The molecule has 2 rings (SSSR count). The van der Waals surface area contributed by atoms with E-state index in [9.17, 15) is 14.0 Å². The topological polar surface area (TPSA) is 67.4 Å². The first-order chi connectivity index (χ1) is 11.0. The minimum absolute atomic E-state index is 0.174. The molecule has 0 bridgehead atoms. The molecule has 0 aromatic heterocycles. The van der Waals surface area contributed by atoms with E-state index in [0.29, 0.717) is 11.4 Å². The van der Waals surface area contributed by atoms with Crippen molar-refractivity contribution in [3.8, 4) is 5.75 Å². The number of benzene rings is 2. The highest BCUT2D eigenvalue weighted by molar-refractivity contribution is 5.94. The van der Waals surface area contributed by atoms with Crippen molar-refractivity contribution in [2.24, 2.45) is 0 Å². The molecule has 6 heteroatoms. The highest BCUT2D eigenvalue weighted by Gasteiger charge is 2.07. The van der Waals surface area contributed by atoms with Gasteiger partial charge in [0.2, 0.25) is 5.91 Å². The van der Waals surface area contributed by atoms with Gasteiger partial charge >= 0.3 is 0 Å². The molecule has 0 aliphatic heterocycles. The Kier molecular flexibility index (Phi) is 5.68. The van der Waals surface area contributed by atoms with Crippen molar-refractivity contribution in [1.82, 2.24) is 5.32 Å². The van der Waals surface area contributed by atoms with Crippen LogP contribution >= 0.6 is 0 Å². The van der Waals surface area contributed by atoms with E-state index in [1.165, 1.54) is 24.3 Å². The first-order valence-corrected chi connectivity index (χ1v) is 7.04. The van der Waals surface area contributed by atoms with Gasteiger partial charge in [-0.25, -0.2) is 4.39 Å². The van der Waals surface area contributed by atoms with E-state index in [1.54, 1.807) is 12.1 Å². The Morgan fingerprint density at radius 2 is 1.65 bits per heavy atom. The van der Waals surface area contributed by atoms with E-state index in [4.69, 9.17) is 4.74 Å². The molecule has 0 unspecified atom stereocenters. The molecule has 2 aromatic rings. The molecule has 0 saturated heterocycles. The van der Waals surface area contributed by atoms with Crippen LogP contribution in [-0.4, -0.2) is 25.0 Å². The van der Waals surface area contributed by atoms with Crippen LogP contribution in [0.5, 0.6) is 5.75 Å². The molecule has 120 valence electrons. The van der Waals surface area contributed by atoms with Gasteiger partial charge in [-0.1, -0.05) is 17.7 Å². The van der Waals surface area contributed by atoms with Crippen molar-refractivity contribution in [1.29, 1.82) is 0 Å². The van der Waals surface area contributed by atoms with Crippen molar-refractivity contribution in [2.45, 2.75) is 6.92 Å². The fourth-order valence-corrected chi connectivity index (χ4v) is 1.75. The Bertz CT molecular complexity index is 669. The lowest BCUT2D eigenvalue weighted by atomic mass is 10.2. The van der Waals surface area contributed by atoms with Crippen molar-refractivity contribution in [3.05, 3.63) is 59.9 Å². The summed E-state index contributed by atoms with van der Waals surface area (Å²) in [7, 11) is 0. The fourth-order valence-electron chi connectivity index (χ4n) is 1.75. The monoisotopic (exact) mass is 316 g/mol. The molecular formula is C17H17FN2O3. The molecule has 0 saturated carbocycles. The average molecular weight is 316 g/mol. The quantitative estimate of drug-likeness (QED) is 0.859. The summed E-state index contributed by atoms with van der Waals surface area (Å²) in [4.78, 5) is 23.3. The largest absolute Gasteiger partial charge is 0.484 e. The van der Waals surface area contributed by atoms with E-state index in [1.807, 2.05) is 19.1 Å². The molecule has 0 aliphatic rings. The third kappa shape index (κ3) is 5.78. The summed E-state index contributed by atoms with van der Waals surface area (Å²) >= 11 is 0. The van der Waals surface area contributed by atoms with Gasteiger partial charge in [0.25, 0.3) is 5.91 Å². The highest BCUT2D eigenvalue weighted by atomic mass is 19.1. The SMILES string of the molecule is Cc1ccc(OCC(=O)NCC(=O)Nc2ccc(F)cc2)cc1. The van der Waals surface area contributed by atoms with Gasteiger partial charge in [0.05, 0.1) is 6.54 Å². The summed E-state index contributed by atoms with van der Waals surface area (Å²) in [6, 6.07) is 12.7. The van der Waals surface area contributed by atoms with Crippen LogP contribution in [0.1, 0.15) is 5.56 Å². The normalized spacial score (nSPS) is 10.0. The van der Waals surface area contributed by atoms with E-state index in [2.05, 4.69) is 10.6 Å². The van der Waals surface area contributed by atoms with Gasteiger partial charge in [-0.2, -0.15) is 0 Å². The average Bonchev–Trinajstić information content (AvgIpc) is 2.54. The summed E-state index contributed by atoms with van der Waals surface area (Å²) < 4.78 is 18.0.